The van der Waals surface area contributed by atoms with Crippen LogP contribution in [-0.4, -0.2) is 13.2 Å². The van der Waals surface area contributed by atoms with E-state index >= 15 is 0 Å². The Morgan fingerprint density at radius 3 is 2.83 bits per heavy atom. The van der Waals surface area contributed by atoms with Gasteiger partial charge in [-0.1, -0.05) is 31.6 Å². The number of rotatable bonds is 0. The zero-order valence-electron chi connectivity index (χ0n) is 8.10. The summed E-state index contributed by atoms with van der Waals surface area (Å²) in [5, 5.41) is 0. The van der Waals surface area contributed by atoms with Gasteiger partial charge in [-0.05, 0) is 24.8 Å². The molecule has 0 spiro atoms. The molecule has 0 saturated heterocycles. The van der Waals surface area contributed by atoms with Gasteiger partial charge in [0.1, 0.15) is 0 Å². The first-order valence-electron chi connectivity index (χ1n) is 4.92. The summed E-state index contributed by atoms with van der Waals surface area (Å²) in [6.45, 7) is 5.79. The van der Waals surface area contributed by atoms with E-state index in [1.807, 2.05) is 13.8 Å². The average Bonchev–Trinajstić information content (AvgIpc) is 2.21. The quantitative estimate of drug-likeness (QED) is 0.537. The molecule has 1 nitrogen and oxygen atoms in total. The van der Waals surface area contributed by atoms with Crippen LogP contribution in [0.5, 0.6) is 0 Å². The molecular formula is C11H18O. The van der Waals surface area contributed by atoms with E-state index in [4.69, 9.17) is 4.74 Å². The molecule has 0 aromatic carbocycles. The van der Waals surface area contributed by atoms with Crippen LogP contribution in [0.15, 0.2) is 23.3 Å². The molecule has 1 aliphatic heterocycles. The van der Waals surface area contributed by atoms with Crippen molar-refractivity contribution in [1.82, 2.24) is 0 Å². The summed E-state index contributed by atoms with van der Waals surface area (Å²) in [7, 11) is 0. The Bertz CT molecular complexity index is 189. The Morgan fingerprint density at radius 1 is 1.25 bits per heavy atom. The molecular weight excluding hydrogens is 148 g/mol. The maximum atomic E-state index is 5.33. The van der Waals surface area contributed by atoms with E-state index in [9.17, 15) is 0 Å². The molecule has 2 aliphatic rings. The molecule has 68 valence electrons. The highest BCUT2D eigenvalue weighted by atomic mass is 16.5. The van der Waals surface area contributed by atoms with Gasteiger partial charge in [0, 0.05) is 0 Å². The van der Waals surface area contributed by atoms with Gasteiger partial charge in [0.05, 0.1) is 13.2 Å². The lowest BCUT2D eigenvalue weighted by molar-refractivity contribution is 0.147. The monoisotopic (exact) mass is 166 g/mol. The maximum Gasteiger partial charge on any atom is 0.0716 e. The molecule has 0 saturated carbocycles. The van der Waals surface area contributed by atoms with Crippen LogP contribution in [0.3, 0.4) is 0 Å². The molecule has 0 bridgehead atoms. The van der Waals surface area contributed by atoms with Crippen molar-refractivity contribution in [2.24, 2.45) is 0 Å². The minimum Gasteiger partial charge on any atom is -0.376 e. The molecule has 0 fully saturated rings. The van der Waals surface area contributed by atoms with Gasteiger partial charge < -0.3 is 4.74 Å². The molecule has 0 aromatic heterocycles. The Kier molecular flexibility index (Phi) is 4.09. The summed E-state index contributed by atoms with van der Waals surface area (Å²) in [6, 6.07) is 0. The van der Waals surface area contributed by atoms with E-state index in [1.54, 1.807) is 5.57 Å². The van der Waals surface area contributed by atoms with Gasteiger partial charge in [0.2, 0.25) is 0 Å². The lowest BCUT2D eigenvalue weighted by Crippen LogP contribution is -2.11. The summed E-state index contributed by atoms with van der Waals surface area (Å²) < 4.78 is 5.33. The third-order valence-electron chi connectivity index (χ3n) is 2.19. The minimum atomic E-state index is 0.853. The topological polar surface area (TPSA) is 9.23 Å². The summed E-state index contributed by atoms with van der Waals surface area (Å²) in [6.07, 6.45) is 8.14. The van der Waals surface area contributed by atoms with Gasteiger partial charge in [0.25, 0.3) is 0 Å². The highest BCUT2D eigenvalue weighted by Gasteiger charge is 2.12. The highest BCUT2D eigenvalue weighted by molar-refractivity contribution is 5.31. The molecule has 12 heavy (non-hydrogen) atoms. The second-order valence-corrected chi connectivity index (χ2v) is 2.87. The van der Waals surface area contributed by atoms with Crippen molar-refractivity contribution in [3.8, 4) is 0 Å². The lowest BCUT2D eigenvalue weighted by atomic mass is 9.94. The van der Waals surface area contributed by atoms with E-state index < -0.39 is 0 Å². The molecule has 0 aromatic rings. The van der Waals surface area contributed by atoms with E-state index in [0.29, 0.717) is 0 Å². The van der Waals surface area contributed by atoms with Crippen molar-refractivity contribution in [3.05, 3.63) is 23.3 Å². The number of ether oxygens (including phenoxy) is 1. The van der Waals surface area contributed by atoms with Crippen LogP contribution in [0.1, 0.15) is 33.1 Å². The highest BCUT2D eigenvalue weighted by Crippen LogP contribution is 2.24. The van der Waals surface area contributed by atoms with Gasteiger partial charge in [0.15, 0.2) is 0 Å². The van der Waals surface area contributed by atoms with Crippen LogP contribution < -0.4 is 0 Å². The van der Waals surface area contributed by atoms with Crippen LogP contribution in [0.2, 0.25) is 0 Å². The zero-order valence-corrected chi connectivity index (χ0v) is 8.10. The third kappa shape index (κ3) is 2.21. The summed E-state index contributed by atoms with van der Waals surface area (Å²) in [5.41, 5.74) is 3.08. The number of hydrogen-bond donors (Lipinski definition) is 0. The summed E-state index contributed by atoms with van der Waals surface area (Å²) in [4.78, 5) is 0. The normalized spacial score (nSPS) is 21.2. The number of allylic oxidation sites excluding steroid dienone is 1. The first-order valence-corrected chi connectivity index (χ1v) is 4.92. The van der Waals surface area contributed by atoms with Crippen molar-refractivity contribution in [2.45, 2.75) is 33.1 Å². The zero-order chi connectivity index (χ0) is 8.81. The predicted molar refractivity (Wildman–Crippen MR) is 52.2 cm³/mol. The van der Waals surface area contributed by atoms with Crippen LogP contribution in [-0.2, 0) is 4.74 Å². The van der Waals surface area contributed by atoms with Crippen LogP contribution in [0, 0.1) is 0 Å². The predicted octanol–water partition coefficient (Wildman–Crippen LogP) is 3.08. The second-order valence-electron chi connectivity index (χ2n) is 2.87. The Balaban J connectivity index is 0.000000336. The fraction of sp³-hybridized carbons (Fsp3) is 0.636. The van der Waals surface area contributed by atoms with E-state index in [2.05, 4.69) is 12.2 Å². The lowest BCUT2D eigenvalue weighted by Gasteiger charge is -2.20. The van der Waals surface area contributed by atoms with E-state index in [1.165, 1.54) is 24.8 Å². The smallest absolute Gasteiger partial charge is 0.0716 e. The van der Waals surface area contributed by atoms with Crippen LogP contribution in [0.4, 0.5) is 0 Å². The van der Waals surface area contributed by atoms with Crippen molar-refractivity contribution < 1.29 is 4.74 Å². The second kappa shape index (κ2) is 5.15. The molecule has 0 radical (unpaired) electrons. The standard InChI is InChI=1S/C9H12O.C2H6/c1-2-4-9-7-10-6-5-8(9)3-1;1-2/h2,4H,1,3,5-7H2;1-2H3. The number of hydrogen-bond acceptors (Lipinski definition) is 1. The van der Waals surface area contributed by atoms with Crippen molar-refractivity contribution in [2.75, 3.05) is 13.2 Å². The molecule has 0 amide bonds. The van der Waals surface area contributed by atoms with Gasteiger partial charge >= 0.3 is 0 Å². The average molecular weight is 166 g/mol. The van der Waals surface area contributed by atoms with Gasteiger partial charge in [-0.2, -0.15) is 0 Å². The molecule has 1 aliphatic carbocycles. The Labute approximate surface area is 75.1 Å². The molecule has 0 atom stereocenters. The summed E-state index contributed by atoms with van der Waals surface area (Å²) >= 11 is 0. The minimum absolute atomic E-state index is 0.853. The van der Waals surface area contributed by atoms with E-state index in [-0.39, 0.29) is 0 Å². The van der Waals surface area contributed by atoms with Gasteiger partial charge in [-0.3, -0.25) is 0 Å². The fourth-order valence-corrected chi connectivity index (χ4v) is 1.57. The van der Waals surface area contributed by atoms with Crippen LogP contribution >= 0.6 is 0 Å². The van der Waals surface area contributed by atoms with Gasteiger partial charge in [-0.15, -0.1) is 0 Å². The first kappa shape index (κ1) is 9.53. The Hall–Kier alpha value is -0.560. The Morgan fingerprint density at radius 2 is 2.08 bits per heavy atom. The summed E-state index contributed by atoms with van der Waals surface area (Å²) in [5.74, 6) is 0. The molecule has 0 N–H and O–H groups in total. The maximum absolute atomic E-state index is 5.33. The van der Waals surface area contributed by atoms with Crippen molar-refractivity contribution in [1.29, 1.82) is 0 Å². The first-order chi connectivity index (χ1) is 5.97. The van der Waals surface area contributed by atoms with Crippen LogP contribution in [0.25, 0.3) is 0 Å². The fourth-order valence-electron chi connectivity index (χ4n) is 1.57. The van der Waals surface area contributed by atoms with E-state index in [0.717, 1.165) is 13.2 Å². The third-order valence-corrected chi connectivity index (χ3v) is 2.19. The largest absolute Gasteiger partial charge is 0.376 e. The van der Waals surface area contributed by atoms with Gasteiger partial charge in [-0.25, -0.2) is 0 Å². The SMILES string of the molecule is C1=CC2=C(CC1)CCOC2.CC. The molecule has 2 rings (SSSR count). The molecule has 1 heterocycles. The van der Waals surface area contributed by atoms with Crippen molar-refractivity contribution >= 4 is 0 Å². The van der Waals surface area contributed by atoms with Crippen molar-refractivity contribution in [3.63, 3.8) is 0 Å². The molecule has 0 unspecified atom stereocenters. The molecule has 1 heteroatoms.